The number of benzene rings is 1. The zero-order valence-electron chi connectivity index (χ0n) is 12.2. The van der Waals surface area contributed by atoms with Gasteiger partial charge in [-0.1, -0.05) is 19.9 Å². The van der Waals surface area contributed by atoms with Crippen molar-refractivity contribution in [2.24, 2.45) is 0 Å². The fourth-order valence-electron chi connectivity index (χ4n) is 2.06. The van der Waals surface area contributed by atoms with Gasteiger partial charge in [0, 0.05) is 36.4 Å². The van der Waals surface area contributed by atoms with Gasteiger partial charge in [0.15, 0.2) is 0 Å². The zero-order valence-corrected chi connectivity index (χ0v) is 12.2. The maximum atomic E-state index is 10.1. The van der Waals surface area contributed by atoms with Crippen molar-refractivity contribution >= 4 is 5.69 Å². The van der Waals surface area contributed by atoms with E-state index in [1.54, 1.807) is 0 Å². The highest BCUT2D eigenvalue weighted by molar-refractivity contribution is 5.54. The average molecular weight is 250 g/mol. The lowest BCUT2D eigenvalue weighted by Crippen LogP contribution is -2.28. The molecule has 0 amide bonds. The molecule has 3 heteroatoms. The minimum absolute atomic E-state index is 0.179. The summed E-state index contributed by atoms with van der Waals surface area (Å²) in [5.74, 6) is 0.371. The molecule has 1 rings (SSSR count). The van der Waals surface area contributed by atoms with Gasteiger partial charge in [-0.05, 0) is 32.9 Å². The Morgan fingerprint density at radius 1 is 1.28 bits per heavy atom. The SMILES string of the molecule is CCNC(C)c1ccc(N(C)C(C)CC)cc1O. The van der Waals surface area contributed by atoms with E-state index in [1.165, 1.54) is 0 Å². The smallest absolute Gasteiger partial charge is 0.122 e. The zero-order chi connectivity index (χ0) is 13.7. The Bertz CT molecular complexity index is 379. The molecule has 3 nitrogen and oxygen atoms in total. The van der Waals surface area contributed by atoms with Gasteiger partial charge >= 0.3 is 0 Å². The summed E-state index contributed by atoms with van der Waals surface area (Å²) in [6.07, 6.45) is 1.09. The summed E-state index contributed by atoms with van der Waals surface area (Å²) in [5, 5.41) is 13.4. The van der Waals surface area contributed by atoms with Crippen LogP contribution in [0.5, 0.6) is 5.75 Å². The maximum Gasteiger partial charge on any atom is 0.122 e. The van der Waals surface area contributed by atoms with E-state index in [2.05, 4.69) is 51.0 Å². The van der Waals surface area contributed by atoms with E-state index in [9.17, 15) is 5.11 Å². The van der Waals surface area contributed by atoms with Crippen molar-refractivity contribution in [3.63, 3.8) is 0 Å². The molecule has 1 aromatic rings. The Balaban J connectivity index is 2.91. The Morgan fingerprint density at radius 3 is 2.44 bits per heavy atom. The van der Waals surface area contributed by atoms with Crippen molar-refractivity contribution in [2.75, 3.05) is 18.5 Å². The van der Waals surface area contributed by atoms with E-state index < -0.39 is 0 Å². The van der Waals surface area contributed by atoms with Crippen LogP contribution in [-0.2, 0) is 0 Å². The molecule has 0 aliphatic heterocycles. The summed E-state index contributed by atoms with van der Waals surface area (Å²) in [6, 6.07) is 6.60. The van der Waals surface area contributed by atoms with Crippen LogP contribution >= 0.6 is 0 Å². The van der Waals surface area contributed by atoms with Crippen LogP contribution in [0.2, 0.25) is 0 Å². The van der Waals surface area contributed by atoms with Gasteiger partial charge in [0.1, 0.15) is 5.75 Å². The van der Waals surface area contributed by atoms with Crippen molar-refractivity contribution in [1.82, 2.24) is 5.32 Å². The van der Waals surface area contributed by atoms with Gasteiger partial charge in [0.2, 0.25) is 0 Å². The molecule has 2 atom stereocenters. The molecule has 1 aromatic carbocycles. The molecule has 0 saturated heterocycles. The molecule has 18 heavy (non-hydrogen) atoms. The number of aromatic hydroxyl groups is 1. The maximum absolute atomic E-state index is 10.1. The molecular formula is C15H26N2O. The minimum Gasteiger partial charge on any atom is -0.508 e. The Kier molecular flexibility index (Phi) is 5.48. The monoisotopic (exact) mass is 250 g/mol. The van der Waals surface area contributed by atoms with Gasteiger partial charge in [-0.3, -0.25) is 0 Å². The predicted octanol–water partition coefficient (Wildman–Crippen LogP) is 3.30. The quantitative estimate of drug-likeness (QED) is 0.813. The van der Waals surface area contributed by atoms with Gasteiger partial charge in [-0.15, -0.1) is 0 Å². The lowest BCUT2D eigenvalue weighted by molar-refractivity contribution is 0.454. The van der Waals surface area contributed by atoms with E-state index in [0.29, 0.717) is 11.8 Å². The number of anilines is 1. The van der Waals surface area contributed by atoms with E-state index in [0.717, 1.165) is 24.2 Å². The topological polar surface area (TPSA) is 35.5 Å². The molecule has 0 fully saturated rings. The third-order valence-electron chi connectivity index (χ3n) is 3.65. The second-order valence-electron chi connectivity index (χ2n) is 4.89. The van der Waals surface area contributed by atoms with Crippen molar-refractivity contribution < 1.29 is 5.11 Å². The van der Waals surface area contributed by atoms with E-state index in [4.69, 9.17) is 0 Å². The third kappa shape index (κ3) is 3.39. The van der Waals surface area contributed by atoms with Crippen LogP contribution in [0.15, 0.2) is 18.2 Å². The highest BCUT2D eigenvalue weighted by atomic mass is 16.3. The first-order chi connectivity index (χ1) is 8.51. The van der Waals surface area contributed by atoms with Crippen LogP contribution < -0.4 is 10.2 Å². The summed E-state index contributed by atoms with van der Waals surface area (Å²) in [6.45, 7) is 9.39. The number of rotatable bonds is 6. The van der Waals surface area contributed by atoms with Crippen LogP contribution in [0, 0.1) is 0 Å². The fraction of sp³-hybridized carbons (Fsp3) is 0.600. The molecule has 0 aliphatic rings. The van der Waals surface area contributed by atoms with Crippen LogP contribution in [-0.4, -0.2) is 24.7 Å². The predicted molar refractivity (Wildman–Crippen MR) is 78.4 cm³/mol. The van der Waals surface area contributed by atoms with E-state index in [-0.39, 0.29) is 6.04 Å². The first kappa shape index (κ1) is 14.8. The molecule has 0 aliphatic carbocycles. The van der Waals surface area contributed by atoms with Gasteiger partial charge in [0.05, 0.1) is 0 Å². The normalized spacial score (nSPS) is 14.3. The molecule has 0 heterocycles. The highest BCUT2D eigenvalue weighted by Gasteiger charge is 2.13. The number of phenolic OH excluding ortho intramolecular Hbond substituents is 1. The Hall–Kier alpha value is -1.22. The van der Waals surface area contributed by atoms with E-state index in [1.807, 2.05) is 12.1 Å². The van der Waals surface area contributed by atoms with Crippen LogP contribution in [0.3, 0.4) is 0 Å². The number of hydrogen-bond donors (Lipinski definition) is 2. The lowest BCUT2D eigenvalue weighted by Gasteiger charge is -2.27. The molecule has 0 spiro atoms. The number of nitrogens with one attached hydrogen (secondary N) is 1. The Morgan fingerprint density at radius 2 is 1.94 bits per heavy atom. The van der Waals surface area contributed by atoms with Gasteiger partial charge in [0.25, 0.3) is 0 Å². The number of phenols is 1. The molecule has 102 valence electrons. The summed E-state index contributed by atoms with van der Waals surface area (Å²) < 4.78 is 0. The summed E-state index contributed by atoms with van der Waals surface area (Å²) in [5.41, 5.74) is 2.02. The molecule has 2 N–H and O–H groups in total. The lowest BCUT2D eigenvalue weighted by atomic mass is 10.1. The van der Waals surface area contributed by atoms with Gasteiger partial charge in [-0.25, -0.2) is 0 Å². The summed E-state index contributed by atoms with van der Waals surface area (Å²) >= 11 is 0. The van der Waals surface area contributed by atoms with Crippen molar-refractivity contribution in [3.05, 3.63) is 23.8 Å². The van der Waals surface area contributed by atoms with Crippen molar-refractivity contribution in [2.45, 2.75) is 46.2 Å². The Labute approximate surface area is 111 Å². The van der Waals surface area contributed by atoms with Crippen molar-refractivity contribution in [1.29, 1.82) is 0 Å². The standard InChI is InChI=1S/C15H26N2O/c1-6-11(3)17(5)13-8-9-14(15(18)10-13)12(4)16-7-2/h8-12,16,18H,6-7H2,1-5H3. The van der Waals surface area contributed by atoms with Crippen LogP contribution in [0.25, 0.3) is 0 Å². The largest absolute Gasteiger partial charge is 0.508 e. The third-order valence-corrected chi connectivity index (χ3v) is 3.65. The van der Waals surface area contributed by atoms with Gasteiger partial charge in [-0.2, -0.15) is 0 Å². The fourth-order valence-corrected chi connectivity index (χ4v) is 2.06. The second-order valence-corrected chi connectivity index (χ2v) is 4.89. The van der Waals surface area contributed by atoms with Crippen molar-refractivity contribution in [3.8, 4) is 5.75 Å². The molecular weight excluding hydrogens is 224 g/mol. The van der Waals surface area contributed by atoms with Gasteiger partial charge < -0.3 is 15.3 Å². The second kappa shape index (κ2) is 6.64. The summed E-state index contributed by atoms with van der Waals surface area (Å²) in [7, 11) is 2.07. The molecule has 0 bridgehead atoms. The van der Waals surface area contributed by atoms with Crippen LogP contribution in [0.1, 0.15) is 45.7 Å². The molecule has 0 radical (unpaired) electrons. The first-order valence-electron chi connectivity index (χ1n) is 6.80. The first-order valence-corrected chi connectivity index (χ1v) is 6.80. The summed E-state index contributed by atoms with van der Waals surface area (Å²) in [4.78, 5) is 2.20. The minimum atomic E-state index is 0.179. The molecule has 0 aromatic heterocycles. The molecule has 2 unspecified atom stereocenters. The highest BCUT2D eigenvalue weighted by Crippen LogP contribution is 2.29. The number of hydrogen-bond acceptors (Lipinski definition) is 3. The van der Waals surface area contributed by atoms with Crippen LogP contribution in [0.4, 0.5) is 5.69 Å². The number of nitrogens with zero attached hydrogens (tertiary/aromatic N) is 1. The average Bonchev–Trinajstić information content (AvgIpc) is 2.36. The van der Waals surface area contributed by atoms with E-state index >= 15 is 0 Å². The molecule has 0 saturated carbocycles.